The third kappa shape index (κ3) is 10.3. The Bertz CT molecular complexity index is 454. The summed E-state index contributed by atoms with van der Waals surface area (Å²) in [6.07, 6.45) is 0.717. The van der Waals surface area contributed by atoms with E-state index in [9.17, 15) is 9.59 Å². The Labute approximate surface area is 184 Å². The van der Waals surface area contributed by atoms with Crippen LogP contribution >= 0.6 is 71.9 Å². The van der Waals surface area contributed by atoms with Gasteiger partial charge in [0, 0.05) is 25.1 Å². The number of benzene rings is 1. The average Bonchev–Trinajstić information content (AvgIpc) is 2.38. The predicted molar refractivity (Wildman–Crippen MR) is 123 cm³/mol. The first kappa shape index (κ1) is 27.4. The van der Waals surface area contributed by atoms with E-state index in [4.69, 9.17) is 0 Å². The maximum atomic E-state index is 11.8. The maximum absolute atomic E-state index is 11.8. The van der Waals surface area contributed by atoms with Crippen molar-refractivity contribution in [1.29, 1.82) is 0 Å². The minimum absolute atomic E-state index is 0. The monoisotopic (exact) mass is 646 g/mol. The Hall–Kier alpha value is 0.510. The molecule has 7 heteroatoms. The number of ketones is 1. The number of hydrogen-bond acceptors (Lipinski definition) is 3. The fourth-order valence-electron chi connectivity index (χ4n) is 1.79. The molecule has 0 saturated carbocycles. The van der Waals surface area contributed by atoms with Crippen LogP contribution in [0.15, 0.2) is 24.3 Å². The summed E-state index contributed by atoms with van der Waals surface area (Å²) in [6.45, 7) is 3.26. The van der Waals surface area contributed by atoms with Crippen molar-refractivity contribution < 1.29 is 9.59 Å². The second-order valence-corrected chi connectivity index (χ2v) is 4.76. The molecule has 0 heterocycles. The summed E-state index contributed by atoms with van der Waals surface area (Å²) >= 11 is 0. The summed E-state index contributed by atoms with van der Waals surface area (Å²) in [5, 5.41) is 2.85. The minimum Gasteiger partial charge on any atom is -0.355 e. The lowest BCUT2D eigenvalue weighted by Gasteiger charge is -2.11. The van der Waals surface area contributed by atoms with Gasteiger partial charge in [-0.3, -0.25) is 9.59 Å². The van der Waals surface area contributed by atoms with E-state index in [0.29, 0.717) is 18.5 Å². The van der Waals surface area contributed by atoms with Crippen LogP contribution in [0.3, 0.4) is 0 Å². The van der Waals surface area contributed by atoms with Gasteiger partial charge in [0.1, 0.15) is 0 Å². The van der Waals surface area contributed by atoms with E-state index in [-0.39, 0.29) is 90.0 Å². The molecule has 0 aliphatic carbocycles. The van der Waals surface area contributed by atoms with Gasteiger partial charge in [-0.15, -0.1) is 71.9 Å². The Morgan fingerprint density at radius 2 is 1.68 bits per heavy atom. The highest BCUT2D eigenvalue weighted by Gasteiger charge is 2.11. The number of nitrogens with one attached hydrogen (secondary N) is 1. The second kappa shape index (κ2) is 15.1. The van der Waals surface area contributed by atoms with E-state index in [1.165, 1.54) is 0 Å². The zero-order valence-electron chi connectivity index (χ0n) is 13.1. The summed E-state index contributed by atoms with van der Waals surface area (Å²) in [6, 6.07) is 7.31. The molecule has 1 rings (SSSR count). The first-order chi connectivity index (χ1) is 9.04. The minimum atomic E-state index is -0.0433. The van der Waals surface area contributed by atoms with Gasteiger partial charge in [-0.05, 0) is 19.7 Å². The van der Waals surface area contributed by atoms with Crippen LogP contribution in [0.2, 0.25) is 0 Å². The third-order valence-corrected chi connectivity index (χ3v) is 2.87. The molecule has 0 atom stereocenters. The first-order valence-electron chi connectivity index (χ1n) is 6.57. The second-order valence-electron chi connectivity index (χ2n) is 4.76. The molecule has 1 N–H and O–H groups in total. The fourth-order valence-corrected chi connectivity index (χ4v) is 1.79. The van der Waals surface area contributed by atoms with E-state index in [1.54, 1.807) is 6.07 Å². The molecular formula is C15H25I3N2O2. The van der Waals surface area contributed by atoms with Gasteiger partial charge >= 0.3 is 0 Å². The zero-order valence-corrected chi connectivity index (χ0v) is 20.1. The Kier molecular flexibility index (Phi) is 18.7. The predicted octanol–water partition coefficient (Wildman–Crippen LogP) is 3.35. The normalized spacial score (nSPS) is 9.09. The molecule has 0 aliphatic rings. The standard InChI is InChI=1S/C15H22N2O2.3HI/c1-4-14(18)13-8-6-5-7-12(13)11-15(19)16-9-10-17(2)3;;;/h5-8H,4,9-11H2,1-3H3,(H,16,19);3*1H. The molecule has 0 bridgehead atoms. The highest BCUT2D eigenvalue weighted by Crippen LogP contribution is 2.12. The van der Waals surface area contributed by atoms with Crippen molar-refractivity contribution in [3.05, 3.63) is 35.4 Å². The largest absolute Gasteiger partial charge is 0.355 e. The quantitative estimate of drug-likeness (QED) is 0.366. The number of likely N-dealkylation sites (N-methyl/N-ethyl adjacent to an activating group) is 1. The van der Waals surface area contributed by atoms with Crippen LogP contribution in [0.5, 0.6) is 0 Å². The lowest BCUT2D eigenvalue weighted by molar-refractivity contribution is -0.120. The molecule has 4 nitrogen and oxygen atoms in total. The number of carbonyl (C=O) groups is 2. The molecule has 0 aliphatic heterocycles. The molecule has 1 amide bonds. The van der Waals surface area contributed by atoms with Crippen LogP contribution < -0.4 is 5.32 Å². The van der Waals surface area contributed by atoms with Crippen LogP contribution in [-0.2, 0) is 11.2 Å². The number of carbonyl (C=O) groups excluding carboxylic acids is 2. The molecule has 0 radical (unpaired) electrons. The van der Waals surface area contributed by atoms with Gasteiger partial charge in [-0.25, -0.2) is 0 Å². The van der Waals surface area contributed by atoms with Gasteiger partial charge < -0.3 is 10.2 Å². The molecular weight excluding hydrogens is 621 g/mol. The summed E-state index contributed by atoms with van der Waals surface area (Å²) in [7, 11) is 3.92. The lowest BCUT2D eigenvalue weighted by atomic mass is 9.99. The SMILES string of the molecule is CCC(=O)c1ccccc1CC(=O)NCCN(C)C.I.I.I. The average molecular weight is 646 g/mol. The number of hydrogen-bond donors (Lipinski definition) is 1. The number of nitrogens with zero attached hydrogens (tertiary/aromatic N) is 1. The van der Waals surface area contributed by atoms with E-state index in [0.717, 1.165) is 12.1 Å². The molecule has 0 fully saturated rings. The molecule has 1 aromatic rings. The number of halogens is 3. The molecule has 128 valence electrons. The molecule has 0 aromatic heterocycles. The van der Waals surface area contributed by atoms with Crippen LogP contribution in [0.1, 0.15) is 29.3 Å². The summed E-state index contributed by atoms with van der Waals surface area (Å²) in [5.74, 6) is 0.0369. The number of amides is 1. The topological polar surface area (TPSA) is 49.4 Å². The maximum Gasteiger partial charge on any atom is 0.224 e. The van der Waals surface area contributed by atoms with Crippen molar-refractivity contribution in [1.82, 2.24) is 10.2 Å². The highest BCUT2D eigenvalue weighted by molar-refractivity contribution is 14.0. The lowest BCUT2D eigenvalue weighted by Crippen LogP contribution is -2.32. The van der Waals surface area contributed by atoms with Crippen LogP contribution in [-0.4, -0.2) is 43.8 Å². The van der Waals surface area contributed by atoms with Crippen LogP contribution in [0.4, 0.5) is 0 Å². The van der Waals surface area contributed by atoms with Gasteiger partial charge in [-0.1, -0.05) is 31.2 Å². The third-order valence-electron chi connectivity index (χ3n) is 2.87. The Morgan fingerprint density at radius 1 is 1.09 bits per heavy atom. The van der Waals surface area contributed by atoms with Gasteiger partial charge in [0.25, 0.3) is 0 Å². The molecule has 0 spiro atoms. The summed E-state index contributed by atoms with van der Waals surface area (Å²) in [5.41, 5.74) is 1.46. The van der Waals surface area contributed by atoms with Gasteiger partial charge in [0.05, 0.1) is 6.42 Å². The van der Waals surface area contributed by atoms with E-state index < -0.39 is 0 Å². The van der Waals surface area contributed by atoms with Crippen molar-refractivity contribution in [2.45, 2.75) is 19.8 Å². The van der Waals surface area contributed by atoms with E-state index >= 15 is 0 Å². The Balaban J connectivity index is -0.00000120. The fraction of sp³-hybridized carbons (Fsp3) is 0.467. The van der Waals surface area contributed by atoms with Crippen LogP contribution in [0, 0.1) is 0 Å². The molecule has 1 aromatic carbocycles. The first-order valence-corrected chi connectivity index (χ1v) is 6.57. The van der Waals surface area contributed by atoms with E-state index in [1.807, 2.05) is 44.1 Å². The zero-order chi connectivity index (χ0) is 14.3. The van der Waals surface area contributed by atoms with Crippen molar-refractivity contribution in [3.63, 3.8) is 0 Å². The number of rotatable bonds is 7. The molecule has 0 unspecified atom stereocenters. The van der Waals surface area contributed by atoms with Crippen molar-refractivity contribution >= 4 is 83.6 Å². The highest BCUT2D eigenvalue weighted by atomic mass is 127. The van der Waals surface area contributed by atoms with Crippen molar-refractivity contribution in [2.24, 2.45) is 0 Å². The Morgan fingerprint density at radius 3 is 2.23 bits per heavy atom. The van der Waals surface area contributed by atoms with Gasteiger partial charge in [0.15, 0.2) is 5.78 Å². The molecule has 0 saturated heterocycles. The summed E-state index contributed by atoms with van der Waals surface area (Å²) < 4.78 is 0. The van der Waals surface area contributed by atoms with Crippen molar-refractivity contribution in [2.75, 3.05) is 27.2 Å². The number of Topliss-reactive ketones (excluding diaryl/α,β-unsaturated/α-hetero) is 1. The van der Waals surface area contributed by atoms with Gasteiger partial charge in [-0.2, -0.15) is 0 Å². The van der Waals surface area contributed by atoms with Crippen LogP contribution in [0.25, 0.3) is 0 Å². The smallest absolute Gasteiger partial charge is 0.224 e. The van der Waals surface area contributed by atoms with Gasteiger partial charge in [0.2, 0.25) is 5.91 Å². The van der Waals surface area contributed by atoms with Crippen molar-refractivity contribution in [3.8, 4) is 0 Å². The summed E-state index contributed by atoms with van der Waals surface area (Å²) in [4.78, 5) is 25.6. The van der Waals surface area contributed by atoms with E-state index in [2.05, 4.69) is 5.32 Å². The molecule has 22 heavy (non-hydrogen) atoms.